The summed E-state index contributed by atoms with van der Waals surface area (Å²) in [6.45, 7) is 0.332. The number of Topliss-reactive ketones (excluding diaryl/α,β-unsaturated/α-hetero) is 1. The third-order valence-electron chi connectivity index (χ3n) is 7.11. The quantitative estimate of drug-likeness (QED) is 0.195. The second kappa shape index (κ2) is 14.4. The monoisotopic (exact) mass is 538 g/mol. The molecule has 1 amide bonds. The van der Waals surface area contributed by atoms with Gasteiger partial charge in [-0.1, -0.05) is 24.3 Å². The fourth-order valence-corrected chi connectivity index (χ4v) is 4.97. The van der Waals surface area contributed by atoms with Gasteiger partial charge < -0.3 is 15.4 Å². The number of likely N-dealkylation sites (N-methyl/N-ethyl adjacent to an activating group) is 1. The molecule has 2 aliphatic carbocycles. The third-order valence-corrected chi connectivity index (χ3v) is 7.11. The van der Waals surface area contributed by atoms with Crippen molar-refractivity contribution in [3.8, 4) is 0 Å². The summed E-state index contributed by atoms with van der Waals surface area (Å²) in [4.78, 5) is 25.0. The van der Waals surface area contributed by atoms with E-state index in [1.54, 1.807) is 19.2 Å². The molecule has 0 fully saturated rings. The number of alkyl halides is 4. The number of nitrogens with one attached hydrogen (secondary N) is 2. The Morgan fingerprint density at radius 3 is 2.66 bits per heavy atom. The van der Waals surface area contributed by atoms with Crippen LogP contribution in [0.1, 0.15) is 70.6 Å². The summed E-state index contributed by atoms with van der Waals surface area (Å²) in [6, 6.07) is -1.69. The molecular weight excluding hydrogens is 500 g/mol. The highest BCUT2D eigenvalue weighted by Crippen LogP contribution is 2.36. The van der Waals surface area contributed by atoms with E-state index in [9.17, 15) is 27.2 Å². The minimum Gasteiger partial charge on any atom is -0.490 e. The van der Waals surface area contributed by atoms with Crippen LogP contribution >= 0.6 is 0 Å². The first kappa shape index (κ1) is 29.7. The van der Waals surface area contributed by atoms with Crippen molar-refractivity contribution < 1.29 is 31.9 Å². The number of halogens is 4. The van der Waals surface area contributed by atoms with Gasteiger partial charge in [0, 0.05) is 36.2 Å². The van der Waals surface area contributed by atoms with Crippen molar-refractivity contribution >= 4 is 11.7 Å². The Labute approximate surface area is 222 Å². The van der Waals surface area contributed by atoms with E-state index < -0.39 is 24.3 Å². The number of hydrogen-bond acceptors (Lipinski definition) is 4. The van der Waals surface area contributed by atoms with Gasteiger partial charge in [-0.25, -0.2) is 4.39 Å². The Morgan fingerprint density at radius 1 is 1.13 bits per heavy atom. The molecule has 5 nitrogen and oxygen atoms in total. The minimum atomic E-state index is -4.40. The molecule has 3 rings (SSSR count). The molecule has 1 aliphatic heterocycles. The van der Waals surface area contributed by atoms with Crippen LogP contribution in [0.5, 0.6) is 0 Å². The Hall–Kier alpha value is -2.84. The lowest BCUT2D eigenvalue weighted by atomic mass is 9.83. The van der Waals surface area contributed by atoms with Crippen molar-refractivity contribution in [2.24, 2.45) is 5.92 Å². The topological polar surface area (TPSA) is 67.4 Å². The van der Waals surface area contributed by atoms with Crippen molar-refractivity contribution in [2.75, 3.05) is 13.7 Å². The fourth-order valence-electron chi connectivity index (χ4n) is 4.97. The molecule has 3 unspecified atom stereocenters. The summed E-state index contributed by atoms with van der Waals surface area (Å²) in [6.07, 6.45) is 10.5. The summed E-state index contributed by atoms with van der Waals surface area (Å²) in [5.41, 5.74) is 1.42. The molecule has 0 saturated carbocycles. The molecule has 3 atom stereocenters. The maximum absolute atomic E-state index is 13.5. The van der Waals surface area contributed by atoms with Crippen LogP contribution in [0.15, 0.2) is 59.1 Å². The second-order valence-corrected chi connectivity index (χ2v) is 9.95. The van der Waals surface area contributed by atoms with Crippen molar-refractivity contribution in [2.45, 2.75) is 89.0 Å². The van der Waals surface area contributed by atoms with Gasteiger partial charge in [0.15, 0.2) is 5.78 Å². The van der Waals surface area contributed by atoms with Crippen molar-refractivity contribution in [1.29, 1.82) is 0 Å². The van der Waals surface area contributed by atoms with Crippen LogP contribution in [-0.2, 0) is 14.3 Å². The summed E-state index contributed by atoms with van der Waals surface area (Å²) in [7, 11) is 1.61. The van der Waals surface area contributed by atoms with E-state index in [0.29, 0.717) is 54.9 Å². The third kappa shape index (κ3) is 8.88. The van der Waals surface area contributed by atoms with Crippen LogP contribution in [0.2, 0.25) is 0 Å². The van der Waals surface area contributed by atoms with Gasteiger partial charge in [-0.3, -0.25) is 9.59 Å². The largest absolute Gasteiger partial charge is 0.490 e. The van der Waals surface area contributed by atoms with Gasteiger partial charge in [0.05, 0.1) is 0 Å². The zero-order valence-corrected chi connectivity index (χ0v) is 21.9. The molecule has 0 saturated heterocycles. The molecule has 38 heavy (non-hydrogen) atoms. The number of unbranched alkanes of at least 4 members (excludes halogenated alkanes) is 1. The number of carbonyl (C=O) groups is 2. The summed E-state index contributed by atoms with van der Waals surface area (Å²) < 4.78 is 59.4. The first-order chi connectivity index (χ1) is 18.2. The van der Waals surface area contributed by atoms with Crippen LogP contribution in [-0.4, -0.2) is 43.7 Å². The lowest BCUT2D eigenvalue weighted by Gasteiger charge is -2.34. The molecule has 0 radical (unpaired) electrons. The standard InChI is InChI=1S/C29H38F4N2O3/c1-34-28(37)21-9-5-4-6-10-23(19-21)38-18-8-3-2-7-11-25(36)24-16-17-26(29(31,32)33)35-27(24)20-12-14-22(30)15-13-20/h3,8,10,12,14,19-20,22,26,35H,2,4-7,9,11,13,15-18H2,1H3,(H,34,37)/b8-3-,21-19+,23-10+. The average molecular weight is 539 g/mol. The van der Waals surface area contributed by atoms with E-state index >= 15 is 0 Å². The van der Waals surface area contributed by atoms with Gasteiger partial charge in [0.25, 0.3) is 0 Å². The second-order valence-electron chi connectivity index (χ2n) is 9.95. The van der Waals surface area contributed by atoms with Crippen molar-refractivity contribution in [1.82, 2.24) is 10.6 Å². The molecule has 210 valence electrons. The number of allylic oxidation sites excluding steroid dienone is 6. The molecule has 0 aromatic rings. The first-order valence-corrected chi connectivity index (χ1v) is 13.5. The maximum Gasteiger partial charge on any atom is 0.408 e. The highest BCUT2D eigenvalue weighted by molar-refractivity contribution is 5.96. The molecule has 3 aliphatic rings. The molecule has 1 heterocycles. The Kier molecular flexibility index (Phi) is 11.2. The van der Waals surface area contributed by atoms with Gasteiger partial charge in [-0.15, -0.1) is 0 Å². The molecule has 9 heteroatoms. The van der Waals surface area contributed by atoms with Gasteiger partial charge in [0.1, 0.15) is 24.6 Å². The summed E-state index contributed by atoms with van der Waals surface area (Å²) in [5, 5.41) is 5.23. The number of ketones is 1. The van der Waals surface area contributed by atoms with E-state index in [1.807, 2.05) is 18.2 Å². The van der Waals surface area contributed by atoms with E-state index in [-0.39, 0.29) is 37.4 Å². The Balaban J connectivity index is 1.52. The van der Waals surface area contributed by atoms with Crippen LogP contribution in [0.25, 0.3) is 0 Å². The van der Waals surface area contributed by atoms with E-state index in [0.717, 1.165) is 19.3 Å². The molecule has 2 N–H and O–H groups in total. The van der Waals surface area contributed by atoms with Crippen LogP contribution in [0, 0.1) is 5.92 Å². The number of hydrogen-bond donors (Lipinski definition) is 2. The first-order valence-electron chi connectivity index (χ1n) is 13.5. The average Bonchev–Trinajstić information content (AvgIpc) is 2.88. The zero-order valence-electron chi connectivity index (χ0n) is 21.9. The Bertz CT molecular complexity index is 994. The molecule has 0 aromatic carbocycles. The van der Waals surface area contributed by atoms with Gasteiger partial charge in [-0.05, 0) is 76.4 Å². The van der Waals surface area contributed by atoms with E-state index in [2.05, 4.69) is 10.6 Å². The predicted octanol–water partition coefficient (Wildman–Crippen LogP) is 6.30. The number of ether oxygens (including phenoxy) is 1. The van der Waals surface area contributed by atoms with Crippen molar-refractivity contribution in [3.63, 3.8) is 0 Å². The van der Waals surface area contributed by atoms with E-state index in [1.165, 1.54) is 6.08 Å². The van der Waals surface area contributed by atoms with Gasteiger partial charge in [-0.2, -0.15) is 13.2 Å². The lowest BCUT2D eigenvalue weighted by molar-refractivity contribution is -0.157. The molecular formula is C29H38F4N2O3. The smallest absolute Gasteiger partial charge is 0.408 e. The lowest BCUT2D eigenvalue weighted by Crippen LogP contribution is -2.46. The Morgan fingerprint density at radius 2 is 1.95 bits per heavy atom. The van der Waals surface area contributed by atoms with Crippen molar-refractivity contribution in [3.05, 3.63) is 59.1 Å². The molecule has 0 spiro atoms. The SMILES string of the molecule is CNC(=O)/C1=C/C(OC/C=C\CCCC(=O)C2=C(C3C=CC(F)CC3)NC(C(F)(F)F)CC2)=C\CCCC1. The predicted molar refractivity (Wildman–Crippen MR) is 139 cm³/mol. The normalized spacial score (nSPS) is 27.4. The summed E-state index contributed by atoms with van der Waals surface area (Å²) >= 11 is 0. The van der Waals surface area contributed by atoms with Crippen LogP contribution in [0.4, 0.5) is 17.6 Å². The maximum atomic E-state index is 13.5. The fraction of sp³-hybridized carbons (Fsp3) is 0.586. The highest BCUT2D eigenvalue weighted by atomic mass is 19.4. The molecule has 0 bridgehead atoms. The number of carbonyl (C=O) groups excluding carboxylic acids is 2. The van der Waals surface area contributed by atoms with Crippen LogP contribution in [0.3, 0.4) is 0 Å². The molecule has 0 aromatic heterocycles. The zero-order chi connectivity index (χ0) is 27.5. The number of amides is 1. The van der Waals surface area contributed by atoms with Crippen LogP contribution < -0.4 is 10.6 Å². The number of rotatable bonds is 10. The van der Waals surface area contributed by atoms with Gasteiger partial charge in [0.2, 0.25) is 5.91 Å². The summed E-state index contributed by atoms with van der Waals surface area (Å²) in [5.74, 6) is 0.0114. The minimum absolute atomic E-state index is 0.0685. The van der Waals surface area contributed by atoms with E-state index in [4.69, 9.17) is 4.74 Å². The highest BCUT2D eigenvalue weighted by Gasteiger charge is 2.43. The van der Waals surface area contributed by atoms with Gasteiger partial charge >= 0.3 is 6.18 Å².